The summed E-state index contributed by atoms with van der Waals surface area (Å²) >= 11 is 5.73. The molecular weight excluding hydrogens is 272 g/mol. The average molecular weight is 287 g/mol. The number of ether oxygens (including phenoxy) is 2. The summed E-state index contributed by atoms with van der Waals surface area (Å²) in [4.78, 5) is 22.6. The molecule has 0 aliphatic rings. The van der Waals surface area contributed by atoms with E-state index >= 15 is 0 Å². The highest BCUT2D eigenvalue weighted by atomic mass is 35.5. The van der Waals surface area contributed by atoms with E-state index in [4.69, 9.17) is 16.3 Å². The molecule has 1 atom stereocenters. The number of carbonyl (C=O) groups is 2. The van der Waals surface area contributed by atoms with Crippen molar-refractivity contribution in [2.24, 2.45) is 0 Å². The minimum absolute atomic E-state index is 0.221. The van der Waals surface area contributed by atoms with E-state index in [0.717, 1.165) is 0 Å². The van der Waals surface area contributed by atoms with Gasteiger partial charge in [-0.1, -0.05) is 11.6 Å². The molecule has 0 bridgehead atoms. The van der Waals surface area contributed by atoms with Gasteiger partial charge in [0, 0.05) is 5.02 Å². The second-order valence-corrected chi connectivity index (χ2v) is 3.99. The van der Waals surface area contributed by atoms with Crippen LogP contribution in [0.15, 0.2) is 24.3 Å². The van der Waals surface area contributed by atoms with E-state index in [1.807, 2.05) is 0 Å². The lowest BCUT2D eigenvalue weighted by Crippen LogP contribution is -2.47. The highest BCUT2D eigenvalue weighted by Gasteiger charge is 2.15. The number of hydrogen-bond donors (Lipinski definition) is 2. The van der Waals surface area contributed by atoms with Crippen molar-refractivity contribution in [3.8, 4) is 5.75 Å². The van der Waals surface area contributed by atoms with Crippen molar-refractivity contribution < 1.29 is 19.1 Å². The Balaban J connectivity index is 2.40. The number of hydrogen-bond acceptors (Lipinski definition) is 4. The Morgan fingerprint density at radius 3 is 2.47 bits per heavy atom. The number of rotatable bonds is 4. The van der Waals surface area contributed by atoms with Crippen molar-refractivity contribution in [3.63, 3.8) is 0 Å². The number of benzene rings is 1. The minimum Gasteiger partial charge on any atom is -0.481 e. The van der Waals surface area contributed by atoms with Crippen molar-refractivity contribution >= 4 is 23.6 Å². The van der Waals surface area contributed by atoms with Crippen LogP contribution in [-0.2, 0) is 9.53 Å². The van der Waals surface area contributed by atoms with Crippen LogP contribution in [0, 0.1) is 0 Å². The molecule has 0 aliphatic heterocycles. The third kappa shape index (κ3) is 5.48. The molecule has 0 spiro atoms. The predicted molar refractivity (Wildman–Crippen MR) is 69.8 cm³/mol. The zero-order chi connectivity index (χ0) is 14.3. The molecule has 1 aromatic rings. The van der Waals surface area contributed by atoms with Crippen molar-refractivity contribution in [1.29, 1.82) is 0 Å². The summed E-state index contributed by atoms with van der Waals surface area (Å²) in [7, 11) is 0. The molecule has 2 N–H and O–H groups in total. The van der Waals surface area contributed by atoms with E-state index in [2.05, 4.69) is 15.6 Å². The highest BCUT2D eigenvalue weighted by Crippen LogP contribution is 2.16. The first-order valence-corrected chi connectivity index (χ1v) is 6.05. The maximum atomic E-state index is 11.6. The molecule has 104 valence electrons. The molecule has 0 radical (unpaired) electrons. The summed E-state index contributed by atoms with van der Waals surface area (Å²) in [5.41, 5.74) is 4.28. The fourth-order valence-electron chi connectivity index (χ4n) is 1.15. The van der Waals surface area contributed by atoms with Crippen LogP contribution in [0.3, 0.4) is 0 Å². The van der Waals surface area contributed by atoms with Gasteiger partial charge in [0.15, 0.2) is 6.10 Å². The number of amides is 2. The Morgan fingerprint density at radius 2 is 1.89 bits per heavy atom. The lowest BCUT2D eigenvalue weighted by atomic mass is 10.3. The summed E-state index contributed by atoms with van der Waals surface area (Å²) < 4.78 is 9.94. The largest absolute Gasteiger partial charge is 0.481 e. The van der Waals surface area contributed by atoms with Gasteiger partial charge in [-0.25, -0.2) is 10.2 Å². The van der Waals surface area contributed by atoms with Crippen molar-refractivity contribution in [2.75, 3.05) is 6.61 Å². The molecule has 1 rings (SSSR count). The first-order valence-electron chi connectivity index (χ1n) is 5.67. The summed E-state index contributed by atoms with van der Waals surface area (Å²) in [5, 5.41) is 0.577. The van der Waals surface area contributed by atoms with Gasteiger partial charge in [-0.05, 0) is 38.1 Å². The quantitative estimate of drug-likeness (QED) is 0.829. The van der Waals surface area contributed by atoms with Gasteiger partial charge in [-0.2, -0.15) is 0 Å². The van der Waals surface area contributed by atoms with E-state index in [1.54, 1.807) is 38.1 Å². The molecule has 19 heavy (non-hydrogen) atoms. The molecule has 2 amide bonds. The van der Waals surface area contributed by atoms with E-state index in [1.165, 1.54) is 0 Å². The Hall–Kier alpha value is -1.95. The average Bonchev–Trinajstić information content (AvgIpc) is 2.39. The van der Waals surface area contributed by atoms with Gasteiger partial charge in [0.2, 0.25) is 0 Å². The Kier molecular flexibility index (Phi) is 5.95. The molecule has 0 aliphatic carbocycles. The van der Waals surface area contributed by atoms with Crippen LogP contribution in [0.4, 0.5) is 4.79 Å². The second-order valence-electron chi connectivity index (χ2n) is 3.55. The number of halogens is 1. The molecule has 1 aromatic carbocycles. The molecule has 0 saturated heterocycles. The molecule has 6 nitrogen and oxygen atoms in total. The standard InChI is InChI=1S/C12H15ClN2O4/c1-3-18-12(17)15-14-11(16)8(2)19-10-6-4-9(13)5-7-10/h4-8H,3H2,1-2H3,(H,14,16)(H,15,17). The minimum atomic E-state index is -0.775. The molecule has 0 saturated carbocycles. The number of hydrazine groups is 1. The van der Waals surface area contributed by atoms with Crippen LogP contribution in [0.5, 0.6) is 5.75 Å². The van der Waals surface area contributed by atoms with Crippen LogP contribution in [0.1, 0.15) is 13.8 Å². The predicted octanol–water partition coefficient (Wildman–Crippen LogP) is 1.88. The third-order valence-electron chi connectivity index (χ3n) is 2.06. The van der Waals surface area contributed by atoms with E-state index in [-0.39, 0.29) is 6.61 Å². The summed E-state index contributed by atoms with van der Waals surface area (Å²) in [5.74, 6) is 0.00573. The first-order chi connectivity index (χ1) is 9.02. The summed E-state index contributed by atoms with van der Waals surface area (Å²) in [6.45, 7) is 3.43. The van der Waals surface area contributed by atoms with Crippen molar-refractivity contribution in [3.05, 3.63) is 29.3 Å². The molecular formula is C12H15ClN2O4. The monoisotopic (exact) mass is 286 g/mol. The number of nitrogens with one attached hydrogen (secondary N) is 2. The zero-order valence-electron chi connectivity index (χ0n) is 10.6. The first kappa shape index (κ1) is 15.1. The van der Waals surface area contributed by atoms with Gasteiger partial charge >= 0.3 is 6.09 Å². The Morgan fingerprint density at radius 1 is 1.26 bits per heavy atom. The summed E-state index contributed by atoms with van der Waals surface area (Å²) in [6, 6.07) is 6.59. The normalized spacial score (nSPS) is 11.3. The number of carbonyl (C=O) groups excluding carboxylic acids is 2. The highest BCUT2D eigenvalue weighted by molar-refractivity contribution is 6.30. The van der Waals surface area contributed by atoms with Crippen molar-refractivity contribution in [1.82, 2.24) is 10.9 Å². The van der Waals surface area contributed by atoms with Crippen molar-refractivity contribution in [2.45, 2.75) is 20.0 Å². The molecule has 0 aromatic heterocycles. The fraction of sp³-hybridized carbons (Fsp3) is 0.333. The van der Waals surface area contributed by atoms with Gasteiger partial charge in [-0.15, -0.1) is 0 Å². The lowest BCUT2D eigenvalue weighted by molar-refractivity contribution is -0.128. The molecule has 1 unspecified atom stereocenters. The van der Waals surface area contributed by atoms with Crippen LogP contribution in [0.2, 0.25) is 5.02 Å². The van der Waals surface area contributed by atoms with Gasteiger partial charge in [0.25, 0.3) is 5.91 Å². The topological polar surface area (TPSA) is 76.7 Å². The van der Waals surface area contributed by atoms with Gasteiger partial charge < -0.3 is 9.47 Å². The van der Waals surface area contributed by atoms with E-state index in [9.17, 15) is 9.59 Å². The smallest absolute Gasteiger partial charge is 0.426 e. The van der Waals surface area contributed by atoms with Gasteiger partial charge in [0.1, 0.15) is 5.75 Å². The lowest BCUT2D eigenvalue weighted by Gasteiger charge is -2.14. The van der Waals surface area contributed by atoms with E-state index < -0.39 is 18.1 Å². The zero-order valence-corrected chi connectivity index (χ0v) is 11.4. The van der Waals surface area contributed by atoms with Crippen LogP contribution in [0.25, 0.3) is 0 Å². The third-order valence-corrected chi connectivity index (χ3v) is 2.31. The molecule has 0 fully saturated rings. The SMILES string of the molecule is CCOC(=O)NNC(=O)C(C)Oc1ccc(Cl)cc1. The maximum absolute atomic E-state index is 11.6. The Labute approximate surface area is 116 Å². The molecule has 7 heteroatoms. The maximum Gasteiger partial charge on any atom is 0.426 e. The summed E-state index contributed by atoms with van der Waals surface area (Å²) in [6.07, 6.45) is -1.50. The van der Waals surface area contributed by atoms with Crippen LogP contribution >= 0.6 is 11.6 Å². The van der Waals surface area contributed by atoms with Crippen LogP contribution < -0.4 is 15.6 Å². The second kappa shape index (κ2) is 7.48. The fourth-order valence-corrected chi connectivity index (χ4v) is 1.28. The van der Waals surface area contributed by atoms with E-state index in [0.29, 0.717) is 10.8 Å². The van der Waals surface area contributed by atoms with Crippen LogP contribution in [-0.4, -0.2) is 24.7 Å². The van der Waals surface area contributed by atoms with Gasteiger partial charge in [-0.3, -0.25) is 10.2 Å². The molecule has 0 heterocycles. The van der Waals surface area contributed by atoms with Gasteiger partial charge in [0.05, 0.1) is 6.61 Å². The Bertz CT molecular complexity index is 436.